The van der Waals surface area contributed by atoms with E-state index in [-0.39, 0.29) is 61.9 Å². The molecule has 0 radical (unpaired) electrons. The molecular formula is C32H40F3N7O6. The number of aryl methyl sites for hydroxylation is 1. The molecule has 5 rings (SSSR count). The van der Waals surface area contributed by atoms with Crippen LogP contribution in [0, 0.1) is 6.92 Å². The second-order valence-corrected chi connectivity index (χ2v) is 12.8. The van der Waals surface area contributed by atoms with Gasteiger partial charge in [-0.05, 0) is 69.9 Å². The molecule has 3 aromatic rings. The molecule has 48 heavy (non-hydrogen) atoms. The molecule has 16 heteroatoms. The van der Waals surface area contributed by atoms with E-state index in [1.807, 2.05) is 13.0 Å². The Morgan fingerprint density at radius 2 is 1.92 bits per heavy atom. The molecule has 0 spiro atoms. The lowest BCUT2D eigenvalue weighted by atomic mass is 10.1. The number of aromatic nitrogens is 4. The summed E-state index contributed by atoms with van der Waals surface area (Å²) in [5, 5.41) is 18.2. The van der Waals surface area contributed by atoms with Crippen LogP contribution in [0.2, 0.25) is 0 Å². The minimum Gasteiger partial charge on any atom is -0.444 e. The number of rotatable bonds is 6. The Morgan fingerprint density at radius 3 is 2.54 bits per heavy atom. The van der Waals surface area contributed by atoms with Crippen LogP contribution in [0.15, 0.2) is 29.1 Å². The molecule has 1 aromatic carbocycles. The molecule has 2 aromatic heterocycles. The van der Waals surface area contributed by atoms with Crippen LogP contribution in [0.5, 0.6) is 0 Å². The van der Waals surface area contributed by atoms with E-state index in [1.165, 1.54) is 17.9 Å². The van der Waals surface area contributed by atoms with Gasteiger partial charge < -0.3 is 34.3 Å². The molecule has 0 bridgehead atoms. The minimum absolute atomic E-state index is 0.00797. The molecule has 2 aliphatic rings. The lowest BCUT2D eigenvalue weighted by Gasteiger charge is -2.28. The Bertz CT molecular complexity index is 1790. The van der Waals surface area contributed by atoms with Gasteiger partial charge in [-0.1, -0.05) is 13.0 Å². The van der Waals surface area contributed by atoms with Crippen LogP contribution >= 0.6 is 0 Å². The third-order valence-corrected chi connectivity index (χ3v) is 8.01. The highest BCUT2D eigenvalue weighted by Gasteiger charge is 2.33. The van der Waals surface area contributed by atoms with E-state index in [9.17, 15) is 32.7 Å². The van der Waals surface area contributed by atoms with Crippen molar-refractivity contribution in [3.05, 3.63) is 57.3 Å². The fourth-order valence-corrected chi connectivity index (χ4v) is 5.79. The lowest BCUT2D eigenvalue weighted by molar-refractivity contribution is -0.137. The average molecular weight is 676 g/mol. The van der Waals surface area contributed by atoms with E-state index in [0.717, 1.165) is 22.2 Å². The lowest BCUT2D eigenvalue weighted by Crippen LogP contribution is -2.41. The summed E-state index contributed by atoms with van der Waals surface area (Å²) in [5.74, 6) is -0.159. The standard InChI is InChI=1S/C32H40F3N7O6/c1-6-24-26(39-11-12-40(17-22(43)16-39)30(46)48-31(3,4)5)28(45)42-29(37-27(38-42)20-9-13-47-14-10-20)41(24)18-25(44)36-23-8-7-21(15-19(23)2)32(33,34)35/h7-9,15,22,43H,6,10-14,16-18H2,1-5H3,(H,36,44). The Morgan fingerprint density at radius 1 is 1.17 bits per heavy atom. The molecule has 260 valence electrons. The van der Waals surface area contributed by atoms with E-state index in [1.54, 1.807) is 30.2 Å². The van der Waals surface area contributed by atoms with Crippen LogP contribution in [-0.2, 0) is 33.4 Å². The van der Waals surface area contributed by atoms with Crippen LogP contribution in [0.25, 0.3) is 11.4 Å². The quantitative estimate of drug-likeness (QED) is 0.400. The molecule has 0 aliphatic carbocycles. The number of benzene rings is 1. The Kier molecular flexibility index (Phi) is 9.87. The van der Waals surface area contributed by atoms with Gasteiger partial charge in [-0.3, -0.25) is 9.59 Å². The van der Waals surface area contributed by atoms with Gasteiger partial charge in [0, 0.05) is 25.3 Å². The van der Waals surface area contributed by atoms with E-state index >= 15 is 0 Å². The van der Waals surface area contributed by atoms with E-state index < -0.39 is 41.0 Å². The molecule has 0 saturated carbocycles. The van der Waals surface area contributed by atoms with Gasteiger partial charge in [0.25, 0.3) is 5.56 Å². The maximum absolute atomic E-state index is 14.2. The Labute approximate surface area is 274 Å². The van der Waals surface area contributed by atoms with Crippen molar-refractivity contribution in [2.24, 2.45) is 0 Å². The average Bonchev–Trinajstić information content (AvgIpc) is 3.36. The number of nitrogens with one attached hydrogen (secondary N) is 1. The zero-order valence-corrected chi connectivity index (χ0v) is 27.6. The fourth-order valence-electron chi connectivity index (χ4n) is 5.79. The fraction of sp³-hybridized carbons (Fsp3) is 0.531. The van der Waals surface area contributed by atoms with Gasteiger partial charge in [-0.2, -0.15) is 22.7 Å². The third kappa shape index (κ3) is 7.65. The van der Waals surface area contributed by atoms with E-state index in [0.29, 0.717) is 31.2 Å². The number of ether oxygens (including phenoxy) is 2. The first kappa shape index (κ1) is 34.9. The van der Waals surface area contributed by atoms with Crippen molar-refractivity contribution in [3.63, 3.8) is 0 Å². The Balaban J connectivity index is 1.55. The molecule has 2 aliphatic heterocycles. The highest BCUT2D eigenvalue weighted by Crippen LogP contribution is 2.32. The second-order valence-electron chi connectivity index (χ2n) is 12.8. The van der Waals surface area contributed by atoms with Gasteiger partial charge >= 0.3 is 12.3 Å². The molecule has 1 unspecified atom stereocenters. The van der Waals surface area contributed by atoms with Gasteiger partial charge in [0.2, 0.25) is 11.7 Å². The number of amides is 2. The normalized spacial score (nSPS) is 17.7. The number of carbonyl (C=O) groups excluding carboxylic acids is 2. The van der Waals surface area contributed by atoms with Crippen molar-refractivity contribution in [3.8, 4) is 0 Å². The van der Waals surface area contributed by atoms with Crippen molar-refractivity contribution in [1.29, 1.82) is 0 Å². The molecule has 2 amide bonds. The molecule has 1 fully saturated rings. The first-order chi connectivity index (χ1) is 22.6. The van der Waals surface area contributed by atoms with Crippen molar-refractivity contribution >= 4 is 34.7 Å². The predicted molar refractivity (Wildman–Crippen MR) is 171 cm³/mol. The highest BCUT2D eigenvalue weighted by atomic mass is 19.4. The number of fused-ring (bicyclic) bond motifs is 1. The summed E-state index contributed by atoms with van der Waals surface area (Å²) in [6.07, 6.45) is -3.53. The maximum Gasteiger partial charge on any atom is 0.416 e. The summed E-state index contributed by atoms with van der Waals surface area (Å²) in [6, 6.07) is 3.05. The second kappa shape index (κ2) is 13.6. The summed E-state index contributed by atoms with van der Waals surface area (Å²) >= 11 is 0. The van der Waals surface area contributed by atoms with Gasteiger partial charge in [0.05, 0.1) is 37.1 Å². The van der Waals surface area contributed by atoms with Gasteiger partial charge in [-0.15, -0.1) is 5.10 Å². The number of hydrogen-bond donors (Lipinski definition) is 2. The zero-order valence-electron chi connectivity index (χ0n) is 27.6. The topological polar surface area (TPSA) is 144 Å². The number of carbonyl (C=O) groups is 2. The smallest absolute Gasteiger partial charge is 0.416 e. The van der Waals surface area contributed by atoms with Crippen LogP contribution in [-0.4, -0.2) is 92.3 Å². The SMILES string of the molecule is CCc1c(N2CCN(C(=O)OC(C)(C)C)CC(O)C2)c(=O)n2nc(C3=CCOCC3)nc2n1CC(=O)Nc1ccc(C(F)(F)F)cc1C. The Hall–Kier alpha value is -4.44. The first-order valence-electron chi connectivity index (χ1n) is 15.7. The molecule has 13 nitrogen and oxygen atoms in total. The molecule has 4 heterocycles. The summed E-state index contributed by atoms with van der Waals surface area (Å²) in [7, 11) is 0. The van der Waals surface area contributed by atoms with Crippen molar-refractivity contribution < 1.29 is 37.3 Å². The van der Waals surface area contributed by atoms with Crippen LogP contribution < -0.4 is 15.8 Å². The molecule has 2 N–H and O–H groups in total. The van der Waals surface area contributed by atoms with Crippen molar-refractivity contribution in [1.82, 2.24) is 24.1 Å². The number of aliphatic hydroxyl groups is 1. The maximum atomic E-state index is 14.2. The largest absolute Gasteiger partial charge is 0.444 e. The number of hydrogen-bond acceptors (Lipinski definition) is 9. The minimum atomic E-state index is -4.53. The van der Waals surface area contributed by atoms with Gasteiger partial charge in [0.15, 0.2) is 5.82 Å². The summed E-state index contributed by atoms with van der Waals surface area (Å²) < 4.78 is 53.3. The number of β-amino-alcohol motifs (C(OH)–C–C–N with tert-alkyl or cyclic N) is 1. The van der Waals surface area contributed by atoms with Gasteiger partial charge in [0.1, 0.15) is 17.8 Å². The summed E-state index contributed by atoms with van der Waals surface area (Å²) in [5.41, 5.74) is -0.261. The van der Waals surface area contributed by atoms with Crippen molar-refractivity contribution in [2.75, 3.05) is 49.6 Å². The van der Waals surface area contributed by atoms with Crippen molar-refractivity contribution in [2.45, 2.75) is 71.9 Å². The number of alkyl halides is 3. The first-order valence-corrected chi connectivity index (χ1v) is 15.7. The monoisotopic (exact) mass is 675 g/mol. The number of halogens is 3. The predicted octanol–water partition coefficient (Wildman–Crippen LogP) is 3.64. The van der Waals surface area contributed by atoms with Crippen LogP contribution in [0.1, 0.15) is 56.8 Å². The highest BCUT2D eigenvalue weighted by molar-refractivity contribution is 5.91. The van der Waals surface area contributed by atoms with Crippen LogP contribution in [0.4, 0.5) is 29.3 Å². The molecular weight excluding hydrogens is 635 g/mol. The van der Waals surface area contributed by atoms with Gasteiger partial charge in [-0.25, -0.2) is 4.79 Å². The van der Waals surface area contributed by atoms with Crippen LogP contribution in [0.3, 0.4) is 0 Å². The number of aliphatic hydroxyl groups excluding tert-OH is 1. The van der Waals surface area contributed by atoms with E-state index in [2.05, 4.69) is 15.4 Å². The van der Waals surface area contributed by atoms with E-state index in [4.69, 9.17) is 9.47 Å². The zero-order chi connectivity index (χ0) is 35.0. The summed E-state index contributed by atoms with van der Waals surface area (Å²) in [4.78, 5) is 48.3. The number of nitrogens with zero attached hydrogens (tertiary/aromatic N) is 6. The third-order valence-electron chi connectivity index (χ3n) is 8.01. The number of anilines is 2. The molecule has 1 atom stereocenters. The molecule has 1 saturated heterocycles. The summed E-state index contributed by atoms with van der Waals surface area (Å²) in [6.45, 7) is 9.29.